The first kappa shape index (κ1) is 26.7. The largest absolute Gasteiger partial charge is 0.462 e. The molecule has 1 aliphatic rings. The van der Waals surface area contributed by atoms with E-state index in [1.54, 1.807) is 19.1 Å². The second-order valence-electron chi connectivity index (χ2n) is 8.04. The number of anilines is 1. The van der Waals surface area contributed by atoms with Crippen molar-refractivity contribution in [3.05, 3.63) is 88.2 Å². The van der Waals surface area contributed by atoms with Gasteiger partial charge in [0.1, 0.15) is 10.9 Å². The van der Waals surface area contributed by atoms with Crippen LogP contribution in [0.25, 0.3) is 0 Å². The van der Waals surface area contributed by atoms with Crippen LogP contribution in [0.2, 0.25) is 10.0 Å². The molecule has 0 aliphatic carbocycles. The molecule has 3 aromatic rings. The number of imide groups is 1. The van der Waals surface area contributed by atoms with Crippen LogP contribution in [0.1, 0.15) is 29.3 Å². The maximum Gasteiger partial charge on any atom is 0.338 e. The molecule has 1 unspecified atom stereocenters. The van der Waals surface area contributed by atoms with Crippen molar-refractivity contribution >= 4 is 56.7 Å². The number of hydrogen-bond acceptors (Lipinski definition) is 7. The number of rotatable bonds is 8. The van der Waals surface area contributed by atoms with Crippen LogP contribution in [-0.2, 0) is 30.9 Å². The number of aromatic nitrogens is 1. The van der Waals surface area contributed by atoms with E-state index in [1.165, 1.54) is 54.9 Å². The zero-order valence-corrected chi connectivity index (χ0v) is 21.8. The first-order valence-corrected chi connectivity index (χ1v) is 13.3. The lowest BCUT2D eigenvalue weighted by Crippen LogP contribution is -2.45. The number of nitrogens with zero attached hydrogens (tertiary/aromatic N) is 3. The molecule has 0 spiro atoms. The quantitative estimate of drug-likeness (QED) is 0.300. The number of amides is 2. The lowest BCUT2D eigenvalue weighted by Gasteiger charge is -2.27. The first-order chi connectivity index (χ1) is 17.6. The monoisotopic (exact) mass is 561 g/mol. The average molecular weight is 562 g/mol. The molecule has 12 heteroatoms. The molecule has 1 atom stereocenters. The van der Waals surface area contributed by atoms with Gasteiger partial charge < -0.3 is 4.74 Å². The van der Waals surface area contributed by atoms with Gasteiger partial charge >= 0.3 is 5.97 Å². The number of carbonyl (C=O) groups excluding carboxylic acids is 3. The lowest BCUT2D eigenvalue weighted by atomic mass is 10.2. The molecule has 0 N–H and O–H groups in total. The van der Waals surface area contributed by atoms with Crippen molar-refractivity contribution in [2.75, 3.05) is 11.5 Å². The van der Waals surface area contributed by atoms with E-state index in [4.69, 9.17) is 27.9 Å². The molecule has 9 nitrogen and oxygen atoms in total. The number of ether oxygens (including phenoxy) is 1. The summed E-state index contributed by atoms with van der Waals surface area (Å²) in [7, 11) is -4.39. The van der Waals surface area contributed by atoms with E-state index in [-0.39, 0.29) is 39.3 Å². The molecule has 0 bridgehead atoms. The van der Waals surface area contributed by atoms with Crippen LogP contribution in [0.5, 0.6) is 0 Å². The molecule has 1 fully saturated rings. The van der Waals surface area contributed by atoms with Crippen LogP contribution in [0.15, 0.2) is 71.9 Å². The molecule has 0 radical (unpaired) electrons. The van der Waals surface area contributed by atoms with Crippen molar-refractivity contribution in [2.45, 2.75) is 30.8 Å². The summed E-state index contributed by atoms with van der Waals surface area (Å²) in [5.41, 5.74) is 0.949. The molecule has 1 aliphatic heterocycles. The Hall–Kier alpha value is -3.31. The fraction of sp³-hybridized carbons (Fsp3) is 0.200. The maximum atomic E-state index is 13.8. The molecular weight excluding hydrogens is 541 g/mol. The highest BCUT2D eigenvalue weighted by molar-refractivity contribution is 7.89. The normalized spacial score (nSPS) is 15.9. The number of sulfonamides is 1. The van der Waals surface area contributed by atoms with Gasteiger partial charge in [0.2, 0.25) is 15.9 Å². The highest BCUT2D eigenvalue weighted by atomic mass is 35.5. The molecule has 1 aromatic heterocycles. The highest BCUT2D eigenvalue weighted by Gasteiger charge is 2.47. The predicted octanol–water partition coefficient (Wildman–Crippen LogP) is 4.09. The number of hydrogen-bond donors (Lipinski definition) is 0. The van der Waals surface area contributed by atoms with Gasteiger partial charge in [-0.3, -0.25) is 14.6 Å². The van der Waals surface area contributed by atoms with Crippen molar-refractivity contribution in [1.29, 1.82) is 0 Å². The third kappa shape index (κ3) is 5.52. The Morgan fingerprint density at radius 1 is 1.14 bits per heavy atom. The third-order valence-corrected chi connectivity index (χ3v) is 8.22. The van der Waals surface area contributed by atoms with E-state index in [2.05, 4.69) is 4.98 Å². The number of halogens is 2. The fourth-order valence-corrected chi connectivity index (χ4v) is 6.22. The van der Waals surface area contributed by atoms with Crippen molar-refractivity contribution in [3.8, 4) is 0 Å². The minimum absolute atomic E-state index is 0.0798. The first-order valence-electron chi connectivity index (χ1n) is 11.1. The standard InChI is InChI=1S/C25H21Cl2N3O6S/c1-2-36-25(33)17-5-8-19(9-6-17)30-23(31)13-21(24(30)32)29(15-16-4-3-11-28-14-16)37(34,35)22-12-18(26)7-10-20(22)27/h3-12,14,21H,2,13,15H2,1H3. The van der Waals surface area contributed by atoms with Gasteiger partial charge in [0, 0.05) is 24.0 Å². The Morgan fingerprint density at radius 2 is 1.86 bits per heavy atom. The van der Waals surface area contributed by atoms with E-state index in [9.17, 15) is 22.8 Å². The summed E-state index contributed by atoms with van der Waals surface area (Å²) >= 11 is 12.3. The second kappa shape index (κ2) is 11.0. The third-order valence-electron chi connectivity index (χ3n) is 5.65. The van der Waals surface area contributed by atoms with Crippen LogP contribution in [-0.4, -0.2) is 48.1 Å². The smallest absolute Gasteiger partial charge is 0.338 e. The van der Waals surface area contributed by atoms with Gasteiger partial charge in [-0.2, -0.15) is 4.31 Å². The predicted molar refractivity (Wildman–Crippen MR) is 137 cm³/mol. The van der Waals surface area contributed by atoms with Gasteiger partial charge in [0.15, 0.2) is 0 Å². The molecule has 4 rings (SSSR count). The highest BCUT2D eigenvalue weighted by Crippen LogP contribution is 2.34. The summed E-state index contributed by atoms with van der Waals surface area (Å²) in [6, 6.07) is 11.6. The molecule has 0 saturated carbocycles. The SMILES string of the molecule is CCOC(=O)c1ccc(N2C(=O)CC(N(Cc3cccnc3)S(=O)(=O)c3cc(Cl)ccc3Cl)C2=O)cc1. The summed E-state index contributed by atoms with van der Waals surface area (Å²) in [4.78, 5) is 43.1. The van der Waals surface area contributed by atoms with Crippen LogP contribution >= 0.6 is 23.2 Å². The number of benzene rings is 2. The number of esters is 1. The van der Waals surface area contributed by atoms with E-state index in [1.807, 2.05) is 0 Å². The van der Waals surface area contributed by atoms with Gasteiger partial charge in [-0.15, -0.1) is 0 Å². The van der Waals surface area contributed by atoms with Gasteiger partial charge in [-0.1, -0.05) is 29.3 Å². The maximum absolute atomic E-state index is 13.8. The van der Waals surface area contributed by atoms with Crippen LogP contribution in [0, 0.1) is 0 Å². The summed E-state index contributed by atoms with van der Waals surface area (Å²) in [5, 5.41) is 0.0604. The molecule has 1 saturated heterocycles. The summed E-state index contributed by atoms with van der Waals surface area (Å²) in [6.07, 6.45) is 2.60. The Kier molecular flexibility index (Phi) is 7.93. The van der Waals surface area contributed by atoms with Gasteiger partial charge in [0.05, 0.1) is 29.3 Å². The van der Waals surface area contributed by atoms with Crippen molar-refractivity contribution < 1.29 is 27.5 Å². The van der Waals surface area contributed by atoms with Gasteiger partial charge in [0.25, 0.3) is 5.91 Å². The van der Waals surface area contributed by atoms with Gasteiger partial charge in [-0.05, 0) is 61.0 Å². The topological polar surface area (TPSA) is 114 Å². The van der Waals surface area contributed by atoms with Crippen molar-refractivity contribution in [2.24, 2.45) is 0 Å². The van der Waals surface area contributed by atoms with E-state index in [0.717, 1.165) is 9.21 Å². The Bertz CT molecular complexity index is 1450. The minimum atomic E-state index is -4.39. The van der Waals surface area contributed by atoms with E-state index < -0.39 is 40.3 Å². The lowest BCUT2D eigenvalue weighted by molar-refractivity contribution is -0.122. The molecular formula is C25H21Cl2N3O6S. The van der Waals surface area contributed by atoms with Crippen LogP contribution in [0.4, 0.5) is 5.69 Å². The molecule has 37 heavy (non-hydrogen) atoms. The second-order valence-corrected chi connectivity index (χ2v) is 10.7. The zero-order valence-electron chi connectivity index (χ0n) is 19.5. The number of carbonyl (C=O) groups is 3. The fourth-order valence-electron chi connectivity index (χ4n) is 3.91. The summed E-state index contributed by atoms with van der Waals surface area (Å²) in [5.74, 6) is -1.87. The van der Waals surface area contributed by atoms with E-state index in [0.29, 0.717) is 5.56 Å². The Morgan fingerprint density at radius 3 is 2.51 bits per heavy atom. The summed E-state index contributed by atoms with van der Waals surface area (Å²) < 4.78 is 33.5. The van der Waals surface area contributed by atoms with E-state index >= 15 is 0 Å². The zero-order chi connectivity index (χ0) is 26.7. The van der Waals surface area contributed by atoms with Gasteiger partial charge in [-0.25, -0.2) is 18.1 Å². The molecule has 2 amide bonds. The minimum Gasteiger partial charge on any atom is -0.462 e. The van der Waals surface area contributed by atoms with Crippen LogP contribution < -0.4 is 4.90 Å². The Balaban J connectivity index is 1.72. The summed E-state index contributed by atoms with van der Waals surface area (Å²) in [6.45, 7) is 1.64. The van der Waals surface area contributed by atoms with Crippen molar-refractivity contribution in [1.82, 2.24) is 9.29 Å². The Labute approximate surface area is 223 Å². The molecule has 2 heterocycles. The average Bonchev–Trinajstić information content (AvgIpc) is 3.17. The van der Waals surface area contributed by atoms with Crippen molar-refractivity contribution in [3.63, 3.8) is 0 Å². The molecule has 2 aromatic carbocycles. The molecule has 192 valence electrons. The number of pyridine rings is 1. The van der Waals surface area contributed by atoms with Crippen LogP contribution in [0.3, 0.4) is 0 Å².